The van der Waals surface area contributed by atoms with Gasteiger partial charge in [0.25, 0.3) is 0 Å². The molecule has 0 aromatic heterocycles. The van der Waals surface area contributed by atoms with Gasteiger partial charge in [-0.3, -0.25) is 9.69 Å². The molecule has 1 spiro atoms. The number of phenolic OH excluding ortho intramolecular Hbond substituents is 1. The summed E-state index contributed by atoms with van der Waals surface area (Å²) in [5, 5.41) is 13.6. The third-order valence-electron chi connectivity index (χ3n) is 7.80. The molecule has 6 heteroatoms. The van der Waals surface area contributed by atoms with Crippen molar-refractivity contribution < 1.29 is 19.4 Å². The first-order valence-corrected chi connectivity index (χ1v) is 12.9. The maximum atomic E-state index is 13.2. The summed E-state index contributed by atoms with van der Waals surface area (Å²) in [6.45, 7) is 6.01. The molecule has 2 fully saturated rings. The second kappa shape index (κ2) is 8.89. The van der Waals surface area contributed by atoms with Crippen molar-refractivity contribution in [2.75, 3.05) is 11.9 Å². The molecule has 1 saturated carbocycles. The Labute approximate surface area is 207 Å². The Kier molecular flexibility index (Phi) is 6.02. The molecule has 1 saturated heterocycles. The van der Waals surface area contributed by atoms with Crippen LogP contribution in [0.4, 0.5) is 10.5 Å². The fraction of sp³-hybridized carbons (Fsp3) is 0.517. The summed E-state index contributed by atoms with van der Waals surface area (Å²) in [5.41, 5.74) is 4.92. The number of ether oxygens (including phenoxy) is 1. The van der Waals surface area contributed by atoms with Crippen LogP contribution >= 0.6 is 0 Å². The van der Waals surface area contributed by atoms with Crippen molar-refractivity contribution in [1.29, 1.82) is 0 Å². The van der Waals surface area contributed by atoms with Crippen molar-refractivity contribution >= 4 is 17.7 Å². The Morgan fingerprint density at radius 1 is 1.06 bits per heavy atom. The lowest BCUT2D eigenvalue weighted by Crippen LogP contribution is -2.45. The largest absolute Gasteiger partial charge is 0.508 e. The summed E-state index contributed by atoms with van der Waals surface area (Å²) in [7, 11) is 0. The molecule has 6 nitrogen and oxygen atoms in total. The first-order valence-electron chi connectivity index (χ1n) is 12.9. The molecule has 2 N–H and O–H groups in total. The number of aromatic hydroxyl groups is 1. The van der Waals surface area contributed by atoms with Crippen molar-refractivity contribution in [2.24, 2.45) is 5.41 Å². The lowest BCUT2D eigenvalue weighted by atomic mass is 9.83. The van der Waals surface area contributed by atoms with Crippen molar-refractivity contribution in [3.05, 3.63) is 47.5 Å². The summed E-state index contributed by atoms with van der Waals surface area (Å²) in [5.74, 6) is 0.215. The number of nitrogens with zero attached hydrogens (tertiary/aromatic N) is 1. The number of hydrogen-bond donors (Lipinski definition) is 2. The van der Waals surface area contributed by atoms with Gasteiger partial charge >= 0.3 is 6.09 Å². The number of hydrogen-bond acceptors (Lipinski definition) is 4. The van der Waals surface area contributed by atoms with Crippen LogP contribution in [-0.4, -0.2) is 40.2 Å². The van der Waals surface area contributed by atoms with Crippen LogP contribution in [0.3, 0.4) is 0 Å². The standard InChI is InChI=1S/C29H36N2O4/c1-28(2,3)35-27(34)31-15-7-10-24(31)26(33)30-20-9-6-8-19(16-20)21-11-12-25(32)23-18-29(17-22(21)23)13-4-5-14-29/h6,8-9,11-12,16,24,32H,4-5,7,10,13-15,17-18H2,1-3H3,(H,30,33)/t24-/m0/s1. The van der Waals surface area contributed by atoms with Crippen molar-refractivity contribution in [3.8, 4) is 16.9 Å². The summed E-state index contributed by atoms with van der Waals surface area (Å²) in [6, 6.07) is 11.2. The molecule has 186 valence electrons. The number of carbonyl (C=O) groups is 2. The van der Waals surface area contributed by atoms with Gasteiger partial charge < -0.3 is 15.2 Å². The minimum atomic E-state index is -0.601. The third kappa shape index (κ3) is 4.75. The molecular weight excluding hydrogens is 440 g/mol. The number of fused-ring (bicyclic) bond motifs is 1. The van der Waals surface area contributed by atoms with Crippen LogP contribution in [0.15, 0.2) is 36.4 Å². The van der Waals surface area contributed by atoms with Crippen LogP contribution in [0.25, 0.3) is 11.1 Å². The number of nitrogens with one attached hydrogen (secondary N) is 1. The lowest BCUT2D eigenvalue weighted by molar-refractivity contribution is -0.120. The molecular formula is C29H36N2O4. The van der Waals surface area contributed by atoms with Gasteiger partial charge in [0, 0.05) is 12.2 Å². The first kappa shape index (κ1) is 23.7. The van der Waals surface area contributed by atoms with Crippen molar-refractivity contribution in [1.82, 2.24) is 4.90 Å². The monoisotopic (exact) mass is 476 g/mol. The van der Waals surface area contributed by atoms with Gasteiger partial charge in [0.15, 0.2) is 0 Å². The van der Waals surface area contributed by atoms with Gasteiger partial charge in [-0.1, -0.05) is 31.0 Å². The highest BCUT2D eigenvalue weighted by Crippen LogP contribution is 2.52. The Morgan fingerprint density at radius 3 is 2.54 bits per heavy atom. The Balaban J connectivity index is 1.35. The fourth-order valence-corrected chi connectivity index (χ4v) is 6.21. The summed E-state index contributed by atoms with van der Waals surface area (Å²) in [6.07, 6.45) is 7.93. The number of amides is 2. The average Bonchev–Trinajstić information content (AvgIpc) is 3.53. The van der Waals surface area contributed by atoms with E-state index < -0.39 is 17.7 Å². The molecule has 1 atom stereocenters. The normalized spacial score (nSPS) is 20.8. The highest BCUT2D eigenvalue weighted by molar-refractivity contribution is 5.97. The van der Waals surface area contributed by atoms with Gasteiger partial charge in [-0.05, 0) is 105 Å². The van der Waals surface area contributed by atoms with E-state index in [9.17, 15) is 14.7 Å². The van der Waals surface area contributed by atoms with Gasteiger partial charge in [0.05, 0.1) is 0 Å². The molecule has 0 unspecified atom stereocenters. The first-order chi connectivity index (χ1) is 16.6. The van der Waals surface area contributed by atoms with Crippen LogP contribution in [0, 0.1) is 5.41 Å². The molecule has 0 radical (unpaired) electrons. The maximum Gasteiger partial charge on any atom is 0.410 e. The predicted octanol–water partition coefficient (Wildman–Crippen LogP) is 6.06. The number of rotatable bonds is 3. The average molecular weight is 477 g/mol. The zero-order chi connectivity index (χ0) is 24.8. The molecule has 1 aliphatic heterocycles. The minimum Gasteiger partial charge on any atom is -0.508 e. The molecule has 35 heavy (non-hydrogen) atoms. The van der Waals surface area contributed by atoms with Gasteiger partial charge in [-0.2, -0.15) is 0 Å². The summed E-state index contributed by atoms with van der Waals surface area (Å²) >= 11 is 0. The molecule has 2 aromatic rings. The van der Waals surface area contributed by atoms with E-state index in [1.165, 1.54) is 31.2 Å². The molecule has 5 rings (SSSR count). The van der Waals surface area contributed by atoms with E-state index in [-0.39, 0.29) is 5.91 Å². The quantitative estimate of drug-likeness (QED) is 0.565. The van der Waals surface area contributed by atoms with Crippen LogP contribution in [0.1, 0.15) is 70.4 Å². The van der Waals surface area contributed by atoms with Crippen LogP contribution in [0.2, 0.25) is 0 Å². The second-order valence-corrected chi connectivity index (χ2v) is 11.6. The van der Waals surface area contributed by atoms with Gasteiger partial charge in [-0.15, -0.1) is 0 Å². The molecule has 0 bridgehead atoms. The Bertz CT molecular complexity index is 1140. The zero-order valence-electron chi connectivity index (χ0n) is 21.0. The van der Waals surface area contributed by atoms with E-state index in [1.54, 1.807) is 4.90 Å². The Morgan fingerprint density at radius 2 is 1.80 bits per heavy atom. The smallest absolute Gasteiger partial charge is 0.410 e. The van der Waals surface area contributed by atoms with E-state index in [2.05, 4.69) is 11.4 Å². The SMILES string of the molecule is CC(C)(C)OC(=O)N1CCC[C@H]1C(=O)Nc1cccc(-c2ccc(O)c3c2CC2(CCCC2)C3)c1. The van der Waals surface area contributed by atoms with Gasteiger partial charge in [-0.25, -0.2) is 4.79 Å². The summed E-state index contributed by atoms with van der Waals surface area (Å²) in [4.78, 5) is 27.3. The number of benzene rings is 2. The lowest BCUT2D eigenvalue weighted by Gasteiger charge is -2.28. The van der Waals surface area contributed by atoms with Crippen LogP contribution in [0.5, 0.6) is 5.75 Å². The molecule has 2 aliphatic carbocycles. The van der Waals surface area contributed by atoms with E-state index >= 15 is 0 Å². The van der Waals surface area contributed by atoms with Gasteiger partial charge in [0.2, 0.25) is 5.91 Å². The maximum absolute atomic E-state index is 13.2. The van der Waals surface area contributed by atoms with E-state index in [1.807, 2.05) is 51.1 Å². The van der Waals surface area contributed by atoms with E-state index in [0.717, 1.165) is 36.0 Å². The molecule has 1 heterocycles. The second-order valence-electron chi connectivity index (χ2n) is 11.6. The molecule has 3 aliphatic rings. The van der Waals surface area contributed by atoms with E-state index in [0.29, 0.717) is 29.8 Å². The molecule has 2 aromatic carbocycles. The minimum absolute atomic E-state index is 0.189. The highest BCUT2D eigenvalue weighted by Gasteiger charge is 2.42. The highest BCUT2D eigenvalue weighted by atomic mass is 16.6. The fourth-order valence-electron chi connectivity index (χ4n) is 6.21. The Hall–Kier alpha value is -3.02. The van der Waals surface area contributed by atoms with Gasteiger partial charge in [0.1, 0.15) is 17.4 Å². The van der Waals surface area contributed by atoms with Crippen molar-refractivity contribution in [2.45, 2.75) is 83.8 Å². The number of phenols is 1. The summed E-state index contributed by atoms with van der Waals surface area (Å²) < 4.78 is 5.51. The predicted molar refractivity (Wildman–Crippen MR) is 136 cm³/mol. The molecule has 2 amide bonds. The zero-order valence-corrected chi connectivity index (χ0v) is 21.0. The number of carbonyl (C=O) groups excluding carboxylic acids is 2. The topological polar surface area (TPSA) is 78.9 Å². The van der Waals surface area contributed by atoms with Crippen LogP contribution < -0.4 is 5.32 Å². The number of likely N-dealkylation sites (tertiary alicyclic amines) is 1. The van der Waals surface area contributed by atoms with E-state index in [4.69, 9.17) is 4.74 Å². The number of anilines is 1. The van der Waals surface area contributed by atoms with Crippen LogP contribution in [-0.2, 0) is 22.4 Å². The third-order valence-corrected chi connectivity index (χ3v) is 7.80. The van der Waals surface area contributed by atoms with Crippen molar-refractivity contribution in [3.63, 3.8) is 0 Å².